The second kappa shape index (κ2) is 7.24. The van der Waals surface area contributed by atoms with Gasteiger partial charge in [0.05, 0.1) is 29.6 Å². The molecule has 0 atom stereocenters. The van der Waals surface area contributed by atoms with Gasteiger partial charge in [0.2, 0.25) is 5.95 Å². The first kappa shape index (κ1) is 18.8. The fourth-order valence-electron chi connectivity index (χ4n) is 3.74. The van der Waals surface area contributed by atoms with Crippen LogP contribution in [0.5, 0.6) is 5.75 Å². The fourth-order valence-corrected chi connectivity index (χ4v) is 3.74. The second-order valence-electron chi connectivity index (χ2n) is 7.51. The molecular weight excluding hydrogens is 392 g/mol. The lowest BCUT2D eigenvalue weighted by molar-refractivity contribution is -0.110. The molecule has 3 heterocycles. The van der Waals surface area contributed by atoms with E-state index in [1.807, 2.05) is 61.5 Å². The number of fused-ring (bicyclic) bond motifs is 3. The number of ether oxygens (including phenoxy) is 1. The minimum atomic E-state index is -0.170. The van der Waals surface area contributed by atoms with Crippen molar-refractivity contribution in [2.24, 2.45) is 0 Å². The summed E-state index contributed by atoms with van der Waals surface area (Å²) < 4.78 is 5.36. The Morgan fingerprint density at radius 2 is 1.90 bits per heavy atom. The lowest BCUT2D eigenvalue weighted by Crippen LogP contribution is -2.08. The van der Waals surface area contributed by atoms with Crippen LogP contribution >= 0.6 is 0 Å². The van der Waals surface area contributed by atoms with Crippen molar-refractivity contribution in [2.45, 2.75) is 0 Å². The zero-order valence-electron chi connectivity index (χ0n) is 17.4. The van der Waals surface area contributed by atoms with Crippen LogP contribution in [0.15, 0.2) is 48.7 Å². The first-order chi connectivity index (χ1) is 15.0. The third-order valence-electron chi connectivity index (χ3n) is 5.31. The number of rotatable bonds is 5. The third kappa shape index (κ3) is 3.28. The molecule has 1 aliphatic rings. The average Bonchev–Trinajstić information content (AvgIpc) is 3.45. The number of carbonyl (C=O) groups is 1. The van der Waals surface area contributed by atoms with Crippen LogP contribution in [0.4, 0.5) is 23.0 Å². The summed E-state index contributed by atoms with van der Waals surface area (Å²) in [6.07, 6.45) is 3.57. The molecule has 0 saturated heterocycles. The van der Waals surface area contributed by atoms with E-state index in [2.05, 4.69) is 20.6 Å². The SMILES string of the molecule is COc1cc[nH]c1/C=C1/C(=O)Nc2ccc3[nH]c(Nc4ccc(N(C)C)cc4)nc3c21. The van der Waals surface area contributed by atoms with Gasteiger partial charge in [-0.1, -0.05) is 0 Å². The van der Waals surface area contributed by atoms with Crippen LogP contribution in [0.25, 0.3) is 22.7 Å². The van der Waals surface area contributed by atoms with E-state index >= 15 is 0 Å². The zero-order valence-corrected chi connectivity index (χ0v) is 17.4. The number of carbonyl (C=O) groups excluding carboxylic acids is 1. The topological polar surface area (TPSA) is 98.1 Å². The monoisotopic (exact) mass is 414 g/mol. The highest BCUT2D eigenvalue weighted by Crippen LogP contribution is 2.39. The number of aromatic nitrogens is 3. The number of methoxy groups -OCH3 is 1. The average molecular weight is 414 g/mol. The largest absolute Gasteiger partial charge is 0.495 e. The molecule has 8 heteroatoms. The molecule has 0 fully saturated rings. The highest BCUT2D eigenvalue weighted by atomic mass is 16.5. The zero-order chi connectivity index (χ0) is 21.5. The van der Waals surface area contributed by atoms with E-state index in [1.165, 1.54) is 0 Å². The Bertz CT molecular complexity index is 1310. The lowest BCUT2D eigenvalue weighted by Gasteiger charge is -2.12. The molecule has 0 bridgehead atoms. The van der Waals surface area contributed by atoms with Crippen molar-refractivity contribution in [3.8, 4) is 5.75 Å². The molecule has 2 aromatic heterocycles. The molecule has 0 spiro atoms. The molecule has 0 radical (unpaired) electrons. The van der Waals surface area contributed by atoms with Crippen LogP contribution in [-0.4, -0.2) is 42.1 Å². The van der Waals surface area contributed by atoms with Gasteiger partial charge in [0.15, 0.2) is 0 Å². The number of nitrogens with one attached hydrogen (secondary N) is 4. The summed E-state index contributed by atoms with van der Waals surface area (Å²) in [5, 5.41) is 6.23. The van der Waals surface area contributed by atoms with Crippen LogP contribution < -0.4 is 20.3 Å². The highest BCUT2D eigenvalue weighted by molar-refractivity contribution is 6.37. The molecule has 1 aliphatic heterocycles. The molecular formula is C23H22N6O2. The third-order valence-corrected chi connectivity index (χ3v) is 5.31. The first-order valence-electron chi connectivity index (χ1n) is 9.85. The number of imidazole rings is 1. The number of hydrogen-bond donors (Lipinski definition) is 4. The molecule has 8 nitrogen and oxygen atoms in total. The normalized spacial score (nSPS) is 14.0. The summed E-state index contributed by atoms with van der Waals surface area (Å²) in [6.45, 7) is 0. The number of benzene rings is 2. The molecule has 5 rings (SSSR count). The van der Waals surface area contributed by atoms with Crippen molar-refractivity contribution < 1.29 is 9.53 Å². The number of nitrogens with zero attached hydrogens (tertiary/aromatic N) is 2. The molecule has 0 saturated carbocycles. The maximum absolute atomic E-state index is 12.7. The van der Waals surface area contributed by atoms with Crippen LogP contribution in [0.2, 0.25) is 0 Å². The van der Waals surface area contributed by atoms with E-state index in [0.717, 1.165) is 39.4 Å². The highest BCUT2D eigenvalue weighted by Gasteiger charge is 2.28. The number of anilines is 4. The number of aromatic amines is 2. The van der Waals surface area contributed by atoms with Crippen molar-refractivity contribution >= 4 is 51.6 Å². The molecule has 0 unspecified atom stereocenters. The van der Waals surface area contributed by atoms with Crippen LogP contribution in [0, 0.1) is 0 Å². The maximum atomic E-state index is 12.7. The summed E-state index contributed by atoms with van der Waals surface area (Å²) in [5.74, 6) is 1.11. The van der Waals surface area contributed by atoms with Gasteiger partial charge in [-0.15, -0.1) is 0 Å². The Kier molecular flexibility index (Phi) is 4.39. The molecule has 4 aromatic rings. The van der Waals surface area contributed by atoms with Gasteiger partial charge in [-0.2, -0.15) is 0 Å². The van der Waals surface area contributed by atoms with E-state index in [0.29, 0.717) is 17.3 Å². The minimum absolute atomic E-state index is 0.170. The predicted molar refractivity (Wildman–Crippen MR) is 124 cm³/mol. The minimum Gasteiger partial charge on any atom is -0.495 e. The lowest BCUT2D eigenvalue weighted by atomic mass is 10.0. The molecule has 0 aliphatic carbocycles. The summed E-state index contributed by atoms with van der Waals surface area (Å²) in [4.78, 5) is 25.9. The summed E-state index contributed by atoms with van der Waals surface area (Å²) in [5.41, 5.74) is 6.37. The van der Waals surface area contributed by atoms with Crippen molar-refractivity contribution in [3.63, 3.8) is 0 Å². The summed E-state index contributed by atoms with van der Waals surface area (Å²) in [6, 6.07) is 13.7. The Morgan fingerprint density at radius 3 is 2.65 bits per heavy atom. The molecule has 31 heavy (non-hydrogen) atoms. The fraction of sp³-hybridized carbons (Fsp3) is 0.130. The van der Waals surface area contributed by atoms with E-state index in [9.17, 15) is 4.79 Å². The van der Waals surface area contributed by atoms with Gasteiger partial charge >= 0.3 is 0 Å². The Morgan fingerprint density at radius 1 is 1.10 bits per heavy atom. The number of hydrogen-bond acceptors (Lipinski definition) is 5. The van der Waals surface area contributed by atoms with Gasteiger partial charge in [0, 0.05) is 37.2 Å². The number of H-pyrrole nitrogens is 2. The van der Waals surface area contributed by atoms with Crippen molar-refractivity contribution in [1.29, 1.82) is 0 Å². The number of amides is 1. The van der Waals surface area contributed by atoms with E-state index in [1.54, 1.807) is 19.4 Å². The van der Waals surface area contributed by atoms with E-state index in [-0.39, 0.29) is 5.91 Å². The molecule has 1 amide bonds. The molecule has 156 valence electrons. The van der Waals surface area contributed by atoms with Gasteiger partial charge in [-0.05, 0) is 48.5 Å². The quantitative estimate of drug-likeness (QED) is 0.367. The Labute approximate surface area is 178 Å². The van der Waals surface area contributed by atoms with Crippen molar-refractivity contribution in [3.05, 3.63) is 59.9 Å². The second-order valence-corrected chi connectivity index (χ2v) is 7.51. The van der Waals surface area contributed by atoms with Gasteiger partial charge in [0.25, 0.3) is 5.91 Å². The summed E-state index contributed by atoms with van der Waals surface area (Å²) in [7, 11) is 5.61. The van der Waals surface area contributed by atoms with Gasteiger partial charge in [-0.3, -0.25) is 4.79 Å². The van der Waals surface area contributed by atoms with E-state index < -0.39 is 0 Å². The smallest absolute Gasteiger partial charge is 0.256 e. The van der Waals surface area contributed by atoms with Gasteiger partial charge < -0.3 is 30.2 Å². The maximum Gasteiger partial charge on any atom is 0.256 e. The Hall–Kier alpha value is -4.20. The van der Waals surface area contributed by atoms with Crippen LogP contribution in [0.1, 0.15) is 11.3 Å². The van der Waals surface area contributed by atoms with Crippen molar-refractivity contribution in [1.82, 2.24) is 15.0 Å². The van der Waals surface area contributed by atoms with E-state index in [4.69, 9.17) is 9.72 Å². The van der Waals surface area contributed by atoms with Crippen molar-refractivity contribution in [2.75, 3.05) is 36.7 Å². The summed E-state index contributed by atoms with van der Waals surface area (Å²) >= 11 is 0. The molecule has 4 N–H and O–H groups in total. The van der Waals surface area contributed by atoms with Crippen LogP contribution in [0.3, 0.4) is 0 Å². The van der Waals surface area contributed by atoms with Crippen LogP contribution in [-0.2, 0) is 4.79 Å². The van der Waals surface area contributed by atoms with Gasteiger partial charge in [0.1, 0.15) is 11.3 Å². The standard InChI is InChI=1S/C23H22N6O2/c1-29(2)14-6-4-13(5-7-14)25-23-27-17-9-8-16-20(21(17)28-23)15(22(30)26-16)12-18-19(31-3)10-11-24-18/h4-12,24H,1-3H3,(H,26,30)(H2,25,27,28)/b15-12+. The Balaban J connectivity index is 1.54. The molecule has 2 aromatic carbocycles. The first-order valence-corrected chi connectivity index (χ1v) is 9.85. The van der Waals surface area contributed by atoms with Gasteiger partial charge in [-0.25, -0.2) is 4.98 Å². The predicted octanol–water partition coefficient (Wildman–Crippen LogP) is 4.20.